The molecule has 3 aromatic heterocycles. The van der Waals surface area contributed by atoms with Crippen molar-refractivity contribution in [2.45, 2.75) is 31.3 Å². The fourth-order valence-electron chi connectivity index (χ4n) is 4.08. The first-order chi connectivity index (χ1) is 14.8. The molecule has 2 atom stereocenters. The van der Waals surface area contributed by atoms with Gasteiger partial charge in [0.2, 0.25) is 5.95 Å². The molecule has 3 N–H and O–H groups in total. The summed E-state index contributed by atoms with van der Waals surface area (Å²) in [5.41, 5.74) is 3.78. The van der Waals surface area contributed by atoms with Gasteiger partial charge in [-0.05, 0) is 49.6 Å². The van der Waals surface area contributed by atoms with Crippen molar-refractivity contribution in [3.63, 3.8) is 0 Å². The van der Waals surface area contributed by atoms with E-state index in [-0.39, 0.29) is 0 Å². The Kier molecular flexibility index (Phi) is 4.93. The number of pyridine rings is 2. The molecule has 0 saturated heterocycles. The molecule has 152 valence electrons. The Labute approximate surface area is 174 Å². The summed E-state index contributed by atoms with van der Waals surface area (Å²) in [7, 11) is 1.69. The maximum absolute atomic E-state index is 5.46. The molecule has 0 amide bonds. The number of anilines is 2. The Morgan fingerprint density at radius 3 is 2.63 bits per heavy atom. The second-order valence-corrected chi connectivity index (χ2v) is 7.59. The highest BCUT2D eigenvalue weighted by Crippen LogP contribution is 2.30. The molecule has 1 aliphatic carbocycles. The van der Waals surface area contributed by atoms with E-state index >= 15 is 0 Å². The molecule has 30 heavy (non-hydrogen) atoms. The fraction of sp³-hybridized carbons (Fsp3) is 0.261. The van der Waals surface area contributed by atoms with Crippen molar-refractivity contribution in [1.29, 1.82) is 0 Å². The first-order valence-corrected chi connectivity index (χ1v) is 10.2. The molecule has 1 aromatic carbocycles. The van der Waals surface area contributed by atoms with Crippen molar-refractivity contribution >= 4 is 22.9 Å². The summed E-state index contributed by atoms with van der Waals surface area (Å²) in [6, 6.07) is 16.8. The first-order valence-electron chi connectivity index (χ1n) is 10.2. The lowest BCUT2D eigenvalue weighted by molar-refractivity contribution is 0.416. The highest BCUT2D eigenvalue weighted by molar-refractivity contribution is 5.73. The molecule has 1 aliphatic rings. The van der Waals surface area contributed by atoms with Crippen LogP contribution in [0.1, 0.15) is 19.3 Å². The Morgan fingerprint density at radius 2 is 1.83 bits per heavy atom. The largest absolute Gasteiger partial charge is 0.496 e. The lowest BCUT2D eigenvalue weighted by Gasteiger charge is -2.15. The summed E-state index contributed by atoms with van der Waals surface area (Å²) in [6.07, 6.45) is 6.84. The number of aromatic nitrogens is 4. The smallest absolute Gasteiger partial charge is 0.202 e. The van der Waals surface area contributed by atoms with Crippen LogP contribution in [0.3, 0.4) is 0 Å². The molecule has 0 bridgehead atoms. The second-order valence-electron chi connectivity index (χ2n) is 7.59. The maximum Gasteiger partial charge on any atom is 0.202 e. The Morgan fingerprint density at radius 1 is 0.967 bits per heavy atom. The van der Waals surface area contributed by atoms with Gasteiger partial charge in [-0.2, -0.15) is 4.98 Å². The Hall–Kier alpha value is -3.61. The molecule has 7 nitrogen and oxygen atoms in total. The van der Waals surface area contributed by atoms with Gasteiger partial charge in [0.15, 0.2) is 5.65 Å². The number of hydrogen-bond donors (Lipinski definition) is 3. The van der Waals surface area contributed by atoms with Crippen LogP contribution in [-0.4, -0.2) is 39.1 Å². The first kappa shape index (κ1) is 18.4. The van der Waals surface area contributed by atoms with Gasteiger partial charge in [0.25, 0.3) is 0 Å². The number of fused-ring (bicyclic) bond motifs is 1. The number of aromatic amines is 1. The number of benzene rings is 1. The number of ether oxygens (including phenoxy) is 1. The molecular formula is C23H24N6O. The Balaban J connectivity index is 1.20. The molecule has 1 saturated carbocycles. The van der Waals surface area contributed by atoms with Gasteiger partial charge in [-0.15, -0.1) is 0 Å². The average molecular weight is 400 g/mol. The molecule has 0 spiro atoms. The zero-order valence-corrected chi connectivity index (χ0v) is 16.8. The van der Waals surface area contributed by atoms with E-state index in [1.165, 1.54) is 0 Å². The number of nitrogens with zero attached hydrogens (tertiary/aromatic N) is 3. The molecule has 5 rings (SSSR count). The summed E-state index contributed by atoms with van der Waals surface area (Å²) in [5, 5.41) is 7.07. The minimum atomic E-state index is 0.371. The molecule has 4 aromatic rings. The second kappa shape index (κ2) is 8.02. The maximum atomic E-state index is 5.46. The van der Waals surface area contributed by atoms with Gasteiger partial charge in [0, 0.05) is 35.6 Å². The highest BCUT2D eigenvalue weighted by Gasteiger charge is 2.25. The van der Waals surface area contributed by atoms with Gasteiger partial charge >= 0.3 is 0 Å². The standard InChI is InChI=1S/C23H24N6O/c1-30-20-7-3-2-5-18(20)15-8-11-21(25-14-15)26-16-9-10-17(13-16)27-23-28-19-6-4-12-24-22(19)29-23/h2-8,11-12,14,16-17H,9-10,13H2,1H3,(H,25,26)(H2,24,27,28,29)/t16-,17-/m0/s1. The van der Waals surface area contributed by atoms with Crippen molar-refractivity contribution < 1.29 is 4.74 Å². The molecule has 7 heteroatoms. The van der Waals surface area contributed by atoms with E-state index in [9.17, 15) is 0 Å². The fourth-order valence-corrected chi connectivity index (χ4v) is 4.08. The van der Waals surface area contributed by atoms with E-state index in [0.29, 0.717) is 12.1 Å². The molecule has 3 heterocycles. The van der Waals surface area contributed by atoms with Crippen LogP contribution in [0.4, 0.5) is 11.8 Å². The summed E-state index contributed by atoms with van der Waals surface area (Å²) in [5.74, 6) is 2.53. The number of H-pyrrole nitrogens is 1. The number of nitrogens with one attached hydrogen (secondary N) is 3. The quantitative estimate of drug-likeness (QED) is 0.442. The molecule has 0 unspecified atom stereocenters. The normalized spacial score (nSPS) is 18.4. The highest BCUT2D eigenvalue weighted by atomic mass is 16.5. The molecule has 1 fully saturated rings. The lowest BCUT2D eigenvalue weighted by atomic mass is 10.1. The zero-order valence-electron chi connectivity index (χ0n) is 16.8. The predicted molar refractivity (Wildman–Crippen MR) is 119 cm³/mol. The summed E-state index contributed by atoms with van der Waals surface area (Å²) >= 11 is 0. The van der Waals surface area contributed by atoms with Crippen LogP contribution in [0.25, 0.3) is 22.3 Å². The van der Waals surface area contributed by atoms with Crippen molar-refractivity contribution in [1.82, 2.24) is 19.9 Å². The van der Waals surface area contributed by atoms with Crippen LogP contribution in [0, 0.1) is 0 Å². The van der Waals surface area contributed by atoms with E-state index in [0.717, 1.165) is 59.1 Å². The predicted octanol–water partition coefficient (Wildman–Crippen LogP) is 4.47. The van der Waals surface area contributed by atoms with Crippen LogP contribution in [-0.2, 0) is 0 Å². The minimum Gasteiger partial charge on any atom is -0.496 e. The number of methoxy groups -OCH3 is 1. The van der Waals surface area contributed by atoms with E-state index in [1.807, 2.05) is 48.7 Å². The topological polar surface area (TPSA) is 87.8 Å². The molecular weight excluding hydrogens is 376 g/mol. The van der Waals surface area contributed by atoms with Crippen molar-refractivity contribution in [3.05, 3.63) is 60.9 Å². The number of rotatable bonds is 6. The summed E-state index contributed by atoms with van der Waals surface area (Å²) in [6.45, 7) is 0. The summed E-state index contributed by atoms with van der Waals surface area (Å²) in [4.78, 5) is 16.7. The van der Waals surface area contributed by atoms with E-state index in [4.69, 9.17) is 4.74 Å². The van der Waals surface area contributed by atoms with Gasteiger partial charge in [-0.3, -0.25) is 0 Å². The third-order valence-electron chi connectivity index (χ3n) is 5.56. The molecule has 0 radical (unpaired) electrons. The minimum absolute atomic E-state index is 0.371. The third-order valence-corrected chi connectivity index (χ3v) is 5.56. The monoisotopic (exact) mass is 400 g/mol. The van der Waals surface area contributed by atoms with E-state index in [1.54, 1.807) is 13.3 Å². The van der Waals surface area contributed by atoms with Crippen molar-refractivity contribution in [2.24, 2.45) is 0 Å². The van der Waals surface area contributed by atoms with Gasteiger partial charge in [-0.1, -0.05) is 18.2 Å². The van der Waals surface area contributed by atoms with Crippen LogP contribution >= 0.6 is 0 Å². The van der Waals surface area contributed by atoms with Crippen LogP contribution in [0.5, 0.6) is 5.75 Å². The van der Waals surface area contributed by atoms with Crippen molar-refractivity contribution in [2.75, 3.05) is 17.7 Å². The van der Waals surface area contributed by atoms with Gasteiger partial charge in [-0.25, -0.2) is 9.97 Å². The SMILES string of the molecule is COc1ccccc1-c1ccc(N[C@H]2CC[C@H](Nc3nc4ncccc4[nH]3)C2)nc1. The zero-order chi connectivity index (χ0) is 20.3. The number of para-hydroxylation sites is 1. The molecule has 0 aliphatic heterocycles. The average Bonchev–Trinajstić information content (AvgIpc) is 3.40. The van der Waals surface area contributed by atoms with Crippen LogP contribution < -0.4 is 15.4 Å². The number of hydrogen-bond acceptors (Lipinski definition) is 6. The van der Waals surface area contributed by atoms with Gasteiger partial charge in [0.05, 0.1) is 12.6 Å². The third kappa shape index (κ3) is 3.78. The van der Waals surface area contributed by atoms with E-state index in [2.05, 4.69) is 36.6 Å². The van der Waals surface area contributed by atoms with Gasteiger partial charge in [0.1, 0.15) is 11.6 Å². The van der Waals surface area contributed by atoms with E-state index < -0.39 is 0 Å². The lowest BCUT2D eigenvalue weighted by Crippen LogP contribution is -2.21. The van der Waals surface area contributed by atoms with Gasteiger partial charge < -0.3 is 20.4 Å². The Bertz CT molecular complexity index is 1110. The number of imidazole rings is 1. The van der Waals surface area contributed by atoms with Crippen LogP contribution in [0.2, 0.25) is 0 Å². The van der Waals surface area contributed by atoms with Crippen LogP contribution in [0.15, 0.2) is 60.9 Å². The van der Waals surface area contributed by atoms with Crippen molar-refractivity contribution in [3.8, 4) is 16.9 Å². The summed E-state index contributed by atoms with van der Waals surface area (Å²) < 4.78 is 5.46.